The maximum Gasteiger partial charge on any atom is 0.0484 e. The summed E-state index contributed by atoms with van der Waals surface area (Å²) in [7, 11) is 0. The van der Waals surface area contributed by atoms with E-state index in [1.54, 1.807) is 0 Å². The van der Waals surface area contributed by atoms with Crippen molar-refractivity contribution in [3.63, 3.8) is 0 Å². The Balaban J connectivity index is 1.79. The van der Waals surface area contributed by atoms with E-state index in [9.17, 15) is 10.2 Å². The zero-order valence-electron chi connectivity index (χ0n) is 9.31. The van der Waals surface area contributed by atoms with Gasteiger partial charge >= 0.3 is 0 Å². The summed E-state index contributed by atoms with van der Waals surface area (Å²) in [6.07, 6.45) is 7.01. The van der Waals surface area contributed by atoms with Crippen molar-refractivity contribution in [1.82, 2.24) is 0 Å². The number of aliphatic hydroxyl groups excluding tert-OH is 2. The maximum absolute atomic E-state index is 9.35. The van der Waals surface area contributed by atoms with E-state index in [1.165, 1.54) is 32.1 Å². The number of rotatable bonds is 3. The van der Waals surface area contributed by atoms with Crippen molar-refractivity contribution in [3.8, 4) is 0 Å². The molecule has 0 heterocycles. The van der Waals surface area contributed by atoms with Crippen molar-refractivity contribution in [1.29, 1.82) is 0 Å². The second-order valence-corrected chi connectivity index (χ2v) is 6.13. The van der Waals surface area contributed by atoms with Gasteiger partial charge in [0, 0.05) is 19.1 Å². The molecule has 4 bridgehead atoms. The van der Waals surface area contributed by atoms with Crippen LogP contribution in [0.3, 0.4) is 0 Å². The average molecular weight is 210 g/mol. The zero-order chi connectivity index (χ0) is 10.4. The fourth-order valence-electron chi connectivity index (χ4n) is 5.04. The molecule has 0 saturated heterocycles. The van der Waals surface area contributed by atoms with Gasteiger partial charge in [-0.15, -0.1) is 0 Å². The van der Waals surface area contributed by atoms with Crippen molar-refractivity contribution in [2.75, 3.05) is 13.2 Å². The van der Waals surface area contributed by atoms with Gasteiger partial charge in [-0.1, -0.05) is 0 Å². The van der Waals surface area contributed by atoms with E-state index in [1.807, 2.05) is 0 Å². The number of hydrogen-bond donors (Lipinski definition) is 2. The van der Waals surface area contributed by atoms with E-state index in [0.717, 1.165) is 23.7 Å². The summed E-state index contributed by atoms with van der Waals surface area (Å²) in [5.74, 6) is 4.42. The SMILES string of the molecule is OCC(CO)C1C2CC3CC(C2)CC1C3. The van der Waals surface area contributed by atoms with E-state index in [4.69, 9.17) is 0 Å². The molecule has 2 nitrogen and oxygen atoms in total. The van der Waals surface area contributed by atoms with Gasteiger partial charge in [-0.25, -0.2) is 0 Å². The van der Waals surface area contributed by atoms with Crippen LogP contribution in [0.5, 0.6) is 0 Å². The standard InChI is InChI=1S/C13H22O2/c14-6-12(7-15)13-10-2-8-1-9(4-10)5-11(13)3-8/h8-15H,1-7H2. The van der Waals surface area contributed by atoms with Crippen LogP contribution < -0.4 is 0 Å². The van der Waals surface area contributed by atoms with Gasteiger partial charge in [-0.3, -0.25) is 0 Å². The highest BCUT2D eigenvalue weighted by Gasteiger charge is 2.50. The Morgan fingerprint density at radius 2 is 1.27 bits per heavy atom. The molecule has 4 aliphatic carbocycles. The van der Waals surface area contributed by atoms with E-state index in [2.05, 4.69) is 0 Å². The Bertz CT molecular complexity index is 207. The zero-order valence-corrected chi connectivity index (χ0v) is 9.31. The first kappa shape index (κ1) is 10.1. The van der Waals surface area contributed by atoms with Gasteiger partial charge in [-0.2, -0.15) is 0 Å². The van der Waals surface area contributed by atoms with Crippen LogP contribution in [-0.4, -0.2) is 23.4 Å². The Morgan fingerprint density at radius 1 is 0.800 bits per heavy atom. The maximum atomic E-state index is 9.35. The Kier molecular flexibility index (Phi) is 2.52. The third-order valence-electron chi connectivity index (χ3n) is 5.31. The largest absolute Gasteiger partial charge is 0.396 e. The van der Waals surface area contributed by atoms with E-state index in [-0.39, 0.29) is 19.1 Å². The van der Waals surface area contributed by atoms with Crippen molar-refractivity contribution >= 4 is 0 Å². The molecule has 2 N–H and O–H groups in total. The van der Waals surface area contributed by atoms with Gasteiger partial charge < -0.3 is 10.2 Å². The molecule has 4 rings (SSSR count). The van der Waals surface area contributed by atoms with E-state index in [0.29, 0.717) is 5.92 Å². The quantitative estimate of drug-likeness (QED) is 0.743. The third kappa shape index (κ3) is 1.53. The molecule has 0 aliphatic heterocycles. The van der Waals surface area contributed by atoms with E-state index >= 15 is 0 Å². The molecular weight excluding hydrogens is 188 g/mol. The molecular formula is C13H22O2. The summed E-state index contributed by atoms with van der Waals surface area (Å²) in [4.78, 5) is 0. The van der Waals surface area contributed by atoms with E-state index < -0.39 is 0 Å². The summed E-state index contributed by atoms with van der Waals surface area (Å²) in [6.45, 7) is 0.368. The third-order valence-corrected chi connectivity index (χ3v) is 5.31. The lowest BCUT2D eigenvalue weighted by Gasteiger charge is -2.56. The highest BCUT2D eigenvalue weighted by Crippen LogP contribution is 2.58. The second kappa shape index (κ2) is 3.74. The van der Waals surface area contributed by atoms with Crippen molar-refractivity contribution in [3.05, 3.63) is 0 Å². The lowest BCUT2D eigenvalue weighted by Crippen LogP contribution is -2.49. The van der Waals surface area contributed by atoms with Gasteiger partial charge in [0.25, 0.3) is 0 Å². The fraction of sp³-hybridized carbons (Fsp3) is 1.00. The highest BCUT2D eigenvalue weighted by molar-refractivity contribution is 4.99. The first-order valence-electron chi connectivity index (χ1n) is 6.53. The summed E-state index contributed by atoms with van der Waals surface area (Å²) in [5, 5.41) is 18.7. The molecule has 2 heteroatoms. The first-order valence-corrected chi connectivity index (χ1v) is 6.53. The van der Waals surface area contributed by atoms with Crippen LogP contribution in [0.2, 0.25) is 0 Å². The molecule has 0 amide bonds. The van der Waals surface area contributed by atoms with Crippen LogP contribution in [0.25, 0.3) is 0 Å². The van der Waals surface area contributed by atoms with Crippen LogP contribution in [0, 0.1) is 35.5 Å². The molecule has 0 aromatic carbocycles. The van der Waals surface area contributed by atoms with Crippen LogP contribution in [0.1, 0.15) is 32.1 Å². The predicted octanol–water partition coefficient (Wildman–Crippen LogP) is 1.66. The van der Waals surface area contributed by atoms with Crippen LogP contribution >= 0.6 is 0 Å². The van der Waals surface area contributed by atoms with Crippen molar-refractivity contribution in [2.24, 2.45) is 35.5 Å². The summed E-state index contributed by atoms with van der Waals surface area (Å²) < 4.78 is 0. The van der Waals surface area contributed by atoms with Crippen LogP contribution in [-0.2, 0) is 0 Å². The first-order chi connectivity index (χ1) is 7.31. The molecule has 0 spiro atoms. The predicted molar refractivity (Wildman–Crippen MR) is 58.2 cm³/mol. The van der Waals surface area contributed by atoms with Crippen molar-refractivity contribution in [2.45, 2.75) is 32.1 Å². The van der Waals surface area contributed by atoms with Gasteiger partial charge in [-0.05, 0) is 61.7 Å². The Morgan fingerprint density at radius 3 is 1.67 bits per heavy atom. The van der Waals surface area contributed by atoms with Crippen LogP contribution in [0.15, 0.2) is 0 Å². The molecule has 0 atom stereocenters. The van der Waals surface area contributed by atoms with Crippen LogP contribution in [0.4, 0.5) is 0 Å². The Hall–Kier alpha value is -0.0800. The normalized spacial score (nSPS) is 47.8. The average Bonchev–Trinajstić information content (AvgIpc) is 2.22. The number of aliphatic hydroxyl groups is 2. The monoisotopic (exact) mass is 210 g/mol. The van der Waals surface area contributed by atoms with Gasteiger partial charge in [0.2, 0.25) is 0 Å². The Labute approximate surface area is 91.7 Å². The van der Waals surface area contributed by atoms with Gasteiger partial charge in [0.05, 0.1) is 0 Å². The smallest absolute Gasteiger partial charge is 0.0484 e. The lowest BCUT2D eigenvalue weighted by atomic mass is 9.50. The summed E-state index contributed by atoms with van der Waals surface area (Å²) >= 11 is 0. The molecule has 4 saturated carbocycles. The fourth-order valence-corrected chi connectivity index (χ4v) is 5.04. The number of hydrogen-bond acceptors (Lipinski definition) is 2. The molecule has 0 unspecified atom stereocenters. The minimum absolute atomic E-state index is 0.167. The molecule has 0 radical (unpaired) electrons. The molecule has 0 aromatic rings. The topological polar surface area (TPSA) is 40.5 Å². The minimum Gasteiger partial charge on any atom is -0.396 e. The highest BCUT2D eigenvalue weighted by atomic mass is 16.3. The lowest BCUT2D eigenvalue weighted by molar-refractivity contribution is -0.0808. The molecule has 4 aliphatic rings. The molecule has 15 heavy (non-hydrogen) atoms. The molecule has 4 fully saturated rings. The van der Waals surface area contributed by atoms with Crippen molar-refractivity contribution < 1.29 is 10.2 Å². The van der Waals surface area contributed by atoms with Gasteiger partial charge in [0.15, 0.2) is 0 Å². The summed E-state index contributed by atoms with van der Waals surface area (Å²) in [6, 6.07) is 0. The van der Waals surface area contributed by atoms with Gasteiger partial charge in [0.1, 0.15) is 0 Å². The summed E-state index contributed by atoms with van der Waals surface area (Å²) in [5.41, 5.74) is 0. The minimum atomic E-state index is 0.167. The second-order valence-electron chi connectivity index (χ2n) is 6.13. The molecule has 0 aromatic heterocycles. The molecule has 86 valence electrons.